The second-order valence-electron chi connectivity index (χ2n) is 4.99. The number of thiophene rings is 1. The minimum absolute atomic E-state index is 0.881. The summed E-state index contributed by atoms with van der Waals surface area (Å²) in [4.78, 5) is 1.29. The Morgan fingerprint density at radius 1 is 1.00 bits per heavy atom. The molecule has 0 saturated carbocycles. The summed E-state index contributed by atoms with van der Waals surface area (Å²) in [6, 6.07) is 20.5. The number of aryl methyl sites for hydroxylation is 1. The van der Waals surface area contributed by atoms with Crippen molar-refractivity contribution in [3.05, 3.63) is 66.2 Å². The first-order valence-electron chi connectivity index (χ1n) is 7.30. The second kappa shape index (κ2) is 8.65. The molecular formula is C19H21NOS2. The third kappa shape index (κ3) is 5.34. The maximum absolute atomic E-state index is 5.02. The van der Waals surface area contributed by atoms with E-state index < -0.39 is 0 Å². The maximum Gasteiger partial charge on any atom is 0.120 e. The van der Waals surface area contributed by atoms with E-state index in [0.29, 0.717) is 0 Å². The van der Waals surface area contributed by atoms with Crippen LogP contribution in [0.3, 0.4) is 0 Å². The average Bonchev–Trinajstić information content (AvgIpc) is 3.02. The average molecular weight is 344 g/mol. The molecule has 120 valence electrons. The van der Waals surface area contributed by atoms with Crippen molar-refractivity contribution in [2.24, 2.45) is 0 Å². The van der Waals surface area contributed by atoms with Crippen molar-refractivity contribution in [3.63, 3.8) is 0 Å². The molecule has 4 heteroatoms. The summed E-state index contributed by atoms with van der Waals surface area (Å²) >= 11 is 6.01. The van der Waals surface area contributed by atoms with E-state index in [9.17, 15) is 0 Å². The third-order valence-electron chi connectivity index (χ3n) is 3.25. The highest BCUT2D eigenvalue weighted by Gasteiger charge is 1.99. The first kappa shape index (κ1) is 17.4. The van der Waals surface area contributed by atoms with Crippen LogP contribution >= 0.6 is 24.0 Å². The van der Waals surface area contributed by atoms with Crippen molar-refractivity contribution in [2.45, 2.75) is 11.1 Å². The fraction of sp³-hybridized carbons (Fsp3) is 0.158. The van der Waals surface area contributed by atoms with Gasteiger partial charge in [-0.15, -0.1) is 24.0 Å². The van der Waals surface area contributed by atoms with E-state index in [2.05, 4.69) is 55.2 Å². The van der Waals surface area contributed by atoms with E-state index in [1.54, 1.807) is 18.4 Å². The lowest BCUT2D eigenvalue weighted by molar-refractivity contribution is 0.415. The zero-order valence-electron chi connectivity index (χ0n) is 13.5. The van der Waals surface area contributed by atoms with E-state index in [4.69, 9.17) is 4.74 Å². The van der Waals surface area contributed by atoms with Crippen LogP contribution in [0.15, 0.2) is 64.9 Å². The molecule has 3 aromatic rings. The number of anilines is 1. The molecule has 0 bridgehead atoms. The Hall–Kier alpha value is -1.91. The quantitative estimate of drug-likeness (QED) is 0.591. The lowest BCUT2D eigenvalue weighted by Gasteiger charge is -2.01. The summed E-state index contributed by atoms with van der Waals surface area (Å²) < 4.78 is 6.08. The molecule has 0 spiro atoms. The minimum atomic E-state index is 0.881. The molecule has 1 heterocycles. The Bertz CT molecular complexity index is 733. The van der Waals surface area contributed by atoms with Crippen LogP contribution in [-0.4, -0.2) is 14.2 Å². The molecule has 23 heavy (non-hydrogen) atoms. The maximum atomic E-state index is 5.02. The van der Waals surface area contributed by atoms with Crippen molar-refractivity contribution < 1.29 is 4.74 Å². The molecule has 3 rings (SSSR count). The van der Waals surface area contributed by atoms with Gasteiger partial charge in [-0.3, -0.25) is 0 Å². The Balaban J connectivity index is 0.000000174. The lowest BCUT2D eigenvalue weighted by Crippen LogP contribution is -1.88. The number of ether oxygens (including phenoxy) is 1. The monoisotopic (exact) mass is 343 g/mol. The zero-order valence-corrected chi connectivity index (χ0v) is 15.2. The van der Waals surface area contributed by atoms with Gasteiger partial charge in [-0.05, 0) is 36.8 Å². The molecule has 2 nitrogen and oxygen atoms in total. The third-order valence-corrected chi connectivity index (χ3v) is 4.61. The summed E-state index contributed by atoms with van der Waals surface area (Å²) in [5, 5.41) is 3.02. The van der Waals surface area contributed by atoms with Crippen LogP contribution in [0.5, 0.6) is 5.75 Å². The highest BCUT2D eigenvalue weighted by atomic mass is 32.2. The molecule has 0 atom stereocenters. The van der Waals surface area contributed by atoms with Crippen LogP contribution in [0, 0.1) is 6.92 Å². The van der Waals surface area contributed by atoms with Crippen molar-refractivity contribution >= 4 is 29.7 Å². The number of methoxy groups -OCH3 is 1. The zero-order chi connectivity index (χ0) is 16.7. The number of rotatable bonds is 3. The Labute approximate surface area is 147 Å². The van der Waals surface area contributed by atoms with Crippen LogP contribution in [0.2, 0.25) is 0 Å². The summed E-state index contributed by atoms with van der Waals surface area (Å²) in [5.41, 5.74) is 3.65. The van der Waals surface area contributed by atoms with Gasteiger partial charge in [-0.25, -0.2) is 0 Å². The normalized spacial score (nSPS) is 9.74. The lowest BCUT2D eigenvalue weighted by atomic mass is 10.1. The fourth-order valence-corrected chi connectivity index (χ4v) is 3.17. The molecule has 0 aliphatic carbocycles. The predicted octanol–water partition coefficient (Wildman–Crippen LogP) is 5.75. The largest absolute Gasteiger partial charge is 0.497 e. The van der Waals surface area contributed by atoms with E-state index in [1.165, 1.54) is 16.0 Å². The van der Waals surface area contributed by atoms with Crippen LogP contribution < -0.4 is 10.1 Å². The van der Waals surface area contributed by atoms with Gasteiger partial charge in [0.2, 0.25) is 0 Å². The minimum Gasteiger partial charge on any atom is -0.497 e. The topological polar surface area (TPSA) is 21.3 Å². The number of thiol groups is 1. The molecule has 0 radical (unpaired) electrons. The molecule has 1 aromatic heterocycles. The van der Waals surface area contributed by atoms with Gasteiger partial charge >= 0.3 is 0 Å². The summed E-state index contributed by atoms with van der Waals surface area (Å²) in [6.07, 6.45) is 0. The van der Waals surface area contributed by atoms with E-state index >= 15 is 0 Å². The van der Waals surface area contributed by atoms with Gasteiger partial charge in [-0.2, -0.15) is 0 Å². The van der Waals surface area contributed by atoms with Gasteiger partial charge in [-0.1, -0.05) is 35.9 Å². The highest BCUT2D eigenvalue weighted by Crippen LogP contribution is 2.30. The molecule has 1 N–H and O–H groups in total. The first-order valence-corrected chi connectivity index (χ1v) is 8.56. The van der Waals surface area contributed by atoms with Crippen molar-refractivity contribution in [2.75, 3.05) is 19.5 Å². The van der Waals surface area contributed by atoms with Crippen LogP contribution in [0.25, 0.3) is 10.4 Å². The summed E-state index contributed by atoms with van der Waals surface area (Å²) in [7, 11) is 3.55. The van der Waals surface area contributed by atoms with Gasteiger partial charge in [0, 0.05) is 23.7 Å². The Morgan fingerprint density at radius 3 is 2.39 bits per heavy atom. The van der Waals surface area contributed by atoms with Crippen molar-refractivity contribution in [1.29, 1.82) is 0 Å². The number of benzene rings is 2. The molecular weight excluding hydrogens is 322 g/mol. The van der Waals surface area contributed by atoms with Gasteiger partial charge in [0.15, 0.2) is 0 Å². The summed E-state index contributed by atoms with van der Waals surface area (Å²) in [5.74, 6) is 0.881. The second-order valence-corrected chi connectivity index (χ2v) is 6.86. The van der Waals surface area contributed by atoms with Gasteiger partial charge < -0.3 is 10.1 Å². The Kier molecular flexibility index (Phi) is 6.56. The number of nitrogens with one attached hydrogen (secondary N) is 1. The number of hydrogen-bond acceptors (Lipinski definition) is 4. The smallest absolute Gasteiger partial charge is 0.120 e. The highest BCUT2D eigenvalue weighted by molar-refractivity contribution is 7.83. The first-order chi connectivity index (χ1) is 11.1. The molecule has 0 unspecified atom stereocenters. The van der Waals surface area contributed by atoms with Crippen LogP contribution in [0.1, 0.15) is 5.56 Å². The van der Waals surface area contributed by atoms with Crippen molar-refractivity contribution in [3.8, 4) is 16.2 Å². The molecule has 0 aliphatic rings. The van der Waals surface area contributed by atoms with Gasteiger partial charge in [0.05, 0.1) is 11.3 Å². The van der Waals surface area contributed by atoms with E-state index in [-0.39, 0.29) is 0 Å². The molecule has 2 aromatic carbocycles. The van der Waals surface area contributed by atoms with Crippen LogP contribution in [-0.2, 0) is 0 Å². The fourth-order valence-electron chi connectivity index (χ4n) is 2.06. The molecule has 0 saturated heterocycles. The number of hydrogen-bond donors (Lipinski definition) is 2. The predicted molar refractivity (Wildman–Crippen MR) is 104 cm³/mol. The van der Waals surface area contributed by atoms with Gasteiger partial charge in [0.25, 0.3) is 0 Å². The van der Waals surface area contributed by atoms with E-state index in [0.717, 1.165) is 15.6 Å². The van der Waals surface area contributed by atoms with Gasteiger partial charge in [0.1, 0.15) is 5.75 Å². The van der Waals surface area contributed by atoms with E-state index in [1.807, 2.05) is 37.4 Å². The molecule has 0 amide bonds. The standard InChI is InChI=1S/C11H10S2.C8H11NO/c1-8-3-2-4-9(7-8)10-5-6-11(12)13-10;1-9-7-4-3-5-8(6-7)10-2/h2-7,12H,1H3;3-6,9H,1-2H3. The SMILES string of the molecule is CNc1cccc(OC)c1.Cc1cccc(-c2ccc(S)s2)c1. The van der Waals surface area contributed by atoms with Crippen LogP contribution in [0.4, 0.5) is 5.69 Å². The summed E-state index contributed by atoms with van der Waals surface area (Å²) in [6.45, 7) is 2.11. The molecule has 0 aliphatic heterocycles. The Morgan fingerprint density at radius 2 is 1.78 bits per heavy atom. The van der Waals surface area contributed by atoms with Crippen molar-refractivity contribution in [1.82, 2.24) is 0 Å². The molecule has 0 fully saturated rings.